The Bertz CT molecular complexity index is 314. The minimum absolute atomic E-state index is 0.336. The van der Waals surface area contributed by atoms with E-state index in [1.807, 2.05) is 12.1 Å². The van der Waals surface area contributed by atoms with Crippen molar-refractivity contribution in [1.82, 2.24) is 0 Å². The highest BCUT2D eigenvalue weighted by Gasteiger charge is 2.15. The molecule has 1 atom stereocenters. The highest BCUT2D eigenvalue weighted by Crippen LogP contribution is 2.22. The van der Waals surface area contributed by atoms with Crippen molar-refractivity contribution in [2.24, 2.45) is 5.73 Å². The van der Waals surface area contributed by atoms with Gasteiger partial charge in [-0.05, 0) is 35.0 Å². The number of nitrogens with two attached hydrogens (primary N) is 1. The summed E-state index contributed by atoms with van der Waals surface area (Å²) in [6, 6.07) is 3.34. The summed E-state index contributed by atoms with van der Waals surface area (Å²) in [6.07, 6.45) is 0.537. The standard InChI is InChI=1S/C9H12BrNO2S/c1-2-13-9(12)7(11)5-6-3-4-8(10)14-6/h3-4,7H,2,5,11H2,1H3. The predicted octanol–water partition coefficient (Wildman–Crippen LogP) is 1.94. The minimum Gasteiger partial charge on any atom is -0.465 e. The molecule has 78 valence electrons. The first-order valence-corrected chi connectivity index (χ1v) is 5.91. The van der Waals surface area contributed by atoms with Gasteiger partial charge in [-0.15, -0.1) is 11.3 Å². The molecule has 0 radical (unpaired) electrons. The van der Waals surface area contributed by atoms with Crippen molar-refractivity contribution in [2.45, 2.75) is 19.4 Å². The van der Waals surface area contributed by atoms with Crippen molar-refractivity contribution in [1.29, 1.82) is 0 Å². The van der Waals surface area contributed by atoms with Crippen molar-refractivity contribution >= 4 is 33.2 Å². The second kappa shape index (κ2) is 5.48. The molecule has 0 aliphatic rings. The lowest BCUT2D eigenvalue weighted by Crippen LogP contribution is -2.34. The van der Waals surface area contributed by atoms with E-state index in [4.69, 9.17) is 10.5 Å². The number of hydrogen-bond donors (Lipinski definition) is 1. The zero-order valence-corrected chi connectivity index (χ0v) is 10.2. The van der Waals surface area contributed by atoms with Gasteiger partial charge in [0.15, 0.2) is 0 Å². The van der Waals surface area contributed by atoms with Crippen LogP contribution in [-0.4, -0.2) is 18.6 Å². The molecule has 3 nitrogen and oxygen atoms in total. The van der Waals surface area contributed by atoms with Crippen LogP contribution in [0.5, 0.6) is 0 Å². The van der Waals surface area contributed by atoms with Crippen LogP contribution >= 0.6 is 27.3 Å². The zero-order chi connectivity index (χ0) is 10.6. The molecule has 5 heteroatoms. The SMILES string of the molecule is CCOC(=O)C(N)Cc1ccc(Br)s1. The second-order valence-electron chi connectivity index (χ2n) is 2.77. The third kappa shape index (κ3) is 3.40. The molecule has 0 aromatic carbocycles. The lowest BCUT2D eigenvalue weighted by atomic mass is 10.2. The van der Waals surface area contributed by atoms with E-state index in [9.17, 15) is 4.79 Å². The van der Waals surface area contributed by atoms with Gasteiger partial charge in [0.2, 0.25) is 0 Å². The molecule has 0 aliphatic carbocycles. The van der Waals surface area contributed by atoms with Crippen molar-refractivity contribution in [3.8, 4) is 0 Å². The molecule has 1 unspecified atom stereocenters. The molecule has 0 amide bonds. The second-order valence-corrected chi connectivity index (χ2v) is 5.32. The summed E-state index contributed by atoms with van der Waals surface area (Å²) in [5, 5.41) is 0. The van der Waals surface area contributed by atoms with Gasteiger partial charge in [-0.25, -0.2) is 0 Å². The maximum absolute atomic E-state index is 11.2. The van der Waals surface area contributed by atoms with Gasteiger partial charge in [-0.1, -0.05) is 0 Å². The zero-order valence-electron chi connectivity index (χ0n) is 7.83. The van der Waals surface area contributed by atoms with E-state index < -0.39 is 6.04 Å². The molecule has 0 aliphatic heterocycles. The fourth-order valence-corrected chi connectivity index (χ4v) is 2.55. The summed E-state index contributed by atoms with van der Waals surface area (Å²) in [7, 11) is 0. The van der Waals surface area contributed by atoms with Crippen LogP contribution in [0.15, 0.2) is 15.9 Å². The Morgan fingerprint density at radius 1 is 1.71 bits per heavy atom. The van der Waals surface area contributed by atoms with Gasteiger partial charge in [-0.2, -0.15) is 0 Å². The first-order chi connectivity index (χ1) is 6.63. The highest BCUT2D eigenvalue weighted by atomic mass is 79.9. The molecule has 1 rings (SSSR count). The normalized spacial score (nSPS) is 12.5. The third-order valence-electron chi connectivity index (χ3n) is 1.64. The summed E-state index contributed by atoms with van der Waals surface area (Å²) >= 11 is 4.93. The van der Waals surface area contributed by atoms with Crippen molar-refractivity contribution in [2.75, 3.05) is 6.61 Å². The van der Waals surface area contributed by atoms with Gasteiger partial charge >= 0.3 is 5.97 Å². The molecular formula is C9H12BrNO2S. The van der Waals surface area contributed by atoms with Crippen molar-refractivity contribution in [3.63, 3.8) is 0 Å². The van der Waals surface area contributed by atoms with Gasteiger partial charge in [0.1, 0.15) is 6.04 Å². The fraction of sp³-hybridized carbons (Fsp3) is 0.444. The van der Waals surface area contributed by atoms with Crippen LogP contribution in [0.25, 0.3) is 0 Å². The van der Waals surface area contributed by atoms with Crippen LogP contribution in [-0.2, 0) is 16.0 Å². The number of carbonyl (C=O) groups is 1. The van der Waals surface area contributed by atoms with E-state index in [0.29, 0.717) is 13.0 Å². The largest absolute Gasteiger partial charge is 0.465 e. The molecule has 0 spiro atoms. The molecular weight excluding hydrogens is 266 g/mol. The molecule has 0 saturated heterocycles. The number of carbonyl (C=O) groups excluding carboxylic acids is 1. The van der Waals surface area contributed by atoms with E-state index >= 15 is 0 Å². The van der Waals surface area contributed by atoms with Gasteiger partial charge in [-0.3, -0.25) is 4.79 Å². The van der Waals surface area contributed by atoms with Crippen molar-refractivity contribution in [3.05, 3.63) is 20.8 Å². The number of esters is 1. The molecule has 1 heterocycles. The van der Waals surface area contributed by atoms with E-state index in [2.05, 4.69) is 15.9 Å². The first-order valence-electron chi connectivity index (χ1n) is 4.30. The van der Waals surface area contributed by atoms with Crippen molar-refractivity contribution < 1.29 is 9.53 Å². The smallest absolute Gasteiger partial charge is 0.323 e. The van der Waals surface area contributed by atoms with E-state index in [1.54, 1.807) is 18.3 Å². The van der Waals surface area contributed by atoms with Crippen LogP contribution < -0.4 is 5.73 Å². The monoisotopic (exact) mass is 277 g/mol. The molecule has 0 fully saturated rings. The van der Waals surface area contributed by atoms with Crippen LogP contribution in [0, 0.1) is 0 Å². The molecule has 2 N–H and O–H groups in total. The number of thiophene rings is 1. The summed E-state index contributed by atoms with van der Waals surface area (Å²) in [5.41, 5.74) is 5.66. The molecule has 0 bridgehead atoms. The Morgan fingerprint density at radius 2 is 2.43 bits per heavy atom. The number of halogens is 1. The average molecular weight is 278 g/mol. The Balaban J connectivity index is 2.48. The Morgan fingerprint density at radius 3 is 2.93 bits per heavy atom. The molecule has 14 heavy (non-hydrogen) atoms. The number of rotatable bonds is 4. The Hall–Kier alpha value is -0.390. The van der Waals surface area contributed by atoms with Crippen LogP contribution in [0.2, 0.25) is 0 Å². The highest BCUT2D eigenvalue weighted by molar-refractivity contribution is 9.11. The summed E-state index contributed by atoms with van der Waals surface area (Å²) in [5.74, 6) is -0.336. The third-order valence-corrected chi connectivity index (χ3v) is 3.29. The summed E-state index contributed by atoms with van der Waals surface area (Å²) in [6.45, 7) is 2.15. The molecule has 1 aromatic heterocycles. The molecule has 1 aromatic rings. The minimum atomic E-state index is -0.555. The number of hydrogen-bond acceptors (Lipinski definition) is 4. The maximum atomic E-state index is 11.2. The van der Waals surface area contributed by atoms with Crippen LogP contribution in [0.1, 0.15) is 11.8 Å². The maximum Gasteiger partial charge on any atom is 0.323 e. The van der Waals surface area contributed by atoms with Gasteiger partial charge < -0.3 is 10.5 Å². The predicted molar refractivity (Wildman–Crippen MR) is 60.3 cm³/mol. The Labute approximate surface area is 95.4 Å². The Kier molecular flexibility index (Phi) is 4.57. The average Bonchev–Trinajstić information content (AvgIpc) is 2.51. The lowest BCUT2D eigenvalue weighted by molar-refractivity contribution is -0.144. The quantitative estimate of drug-likeness (QED) is 0.856. The van der Waals surface area contributed by atoms with E-state index in [-0.39, 0.29) is 5.97 Å². The fourth-order valence-electron chi connectivity index (χ4n) is 1.01. The summed E-state index contributed by atoms with van der Waals surface area (Å²) < 4.78 is 5.86. The number of ether oxygens (including phenoxy) is 1. The van der Waals surface area contributed by atoms with Crippen LogP contribution in [0.3, 0.4) is 0 Å². The van der Waals surface area contributed by atoms with Gasteiger partial charge in [0.25, 0.3) is 0 Å². The lowest BCUT2D eigenvalue weighted by Gasteiger charge is -2.08. The van der Waals surface area contributed by atoms with E-state index in [1.165, 1.54) is 0 Å². The molecule has 0 saturated carbocycles. The van der Waals surface area contributed by atoms with Gasteiger partial charge in [0, 0.05) is 11.3 Å². The van der Waals surface area contributed by atoms with Crippen LogP contribution in [0.4, 0.5) is 0 Å². The van der Waals surface area contributed by atoms with Gasteiger partial charge in [0.05, 0.1) is 10.4 Å². The topological polar surface area (TPSA) is 52.3 Å². The first kappa shape index (κ1) is 11.7. The van der Waals surface area contributed by atoms with E-state index in [0.717, 1.165) is 8.66 Å². The summed E-state index contributed by atoms with van der Waals surface area (Å²) in [4.78, 5) is 12.3.